The maximum absolute atomic E-state index is 11.3. The molecule has 3 aliphatic rings. The second-order valence-electron chi connectivity index (χ2n) is 4.09. The molecule has 3 heteroatoms. The van der Waals surface area contributed by atoms with Crippen molar-refractivity contribution in [3.63, 3.8) is 0 Å². The number of ketones is 1. The number of hydrogen-bond donors (Lipinski definition) is 0. The number of rotatable bonds is 0. The van der Waals surface area contributed by atoms with E-state index in [1.807, 2.05) is 0 Å². The molecule has 3 fully saturated rings. The summed E-state index contributed by atoms with van der Waals surface area (Å²) in [4.78, 5) is 11.3. The summed E-state index contributed by atoms with van der Waals surface area (Å²) >= 11 is 0. The summed E-state index contributed by atoms with van der Waals surface area (Å²) in [6.07, 6.45) is 2.39. The van der Waals surface area contributed by atoms with Gasteiger partial charge in [-0.3, -0.25) is 4.79 Å². The fourth-order valence-electron chi connectivity index (χ4n) is 2.67. The van der Waals surface area contributed by atoms with E-state index < -0.39 is 0 Å². The molecule has 0 amide bonds. The van der Waals surface area contributed by atoms with Crippen molar-refractivity contribution < 1.29 is 14.3 Å². The van der Waals surface area contributed by atoms with Crippen molar-refractivity contribution in [3.05, 3.63) is 0 Å². The van der Waals surface area contributed by atoms with Crippen molar-refractivity contribution in [2.75, 3.05) is 13.2 Å². The smallest absolute Gasteiger partial charge is 0.161 e. The monoisotopic (exact) mass is 168 g/mol. The highest BCUT2D eigenvalue weighted by Crippen LogP contribution is 2.47. The highest BCUT2D eigenvalue weighted by atomic mass is 16.6. The van der Waals surface area contributed by atoms with E-state index in [-0.39, 0.29) is 11.7 Å². The van der Waals surface area contributed by atoms with Gasteiger partial charge in [0.25, 0.3) is 0 Å². The van der Waals surface area contributed by atoms with Crippen LogP contribution < -0.4 is 0 Å². The van der Waals surface area contributed by atoms with Crippen LogP contribution >= 0.6 is 0 Å². The molecule has 3 rings (SSSR count). The van der Waals surface area contributed by atoms with Crippen LogP contribution in [-0.4, -0.2) is 30.7 Å². The largest absolute Gasteiger partial charge is 0.378 e. The van der Waals surface area contributed by atoms with Gasteiger partial charge < -0.3 is 9.47 Å². The quantitative estimate of drug-likeness (QED) is 0.529. The molecule has 0 aromatic rings. The number of fused-ring (bicyclic) bond motifs is 1. The first kappa shape index (κ1) is 7.04. The van der Waals surface area contributed by atoms with E-state index in [0.717, 1.165) is 19.4 Å². The molecular formula is C9H12O3. The summed E-state index contributed by atoms with van der Waals surface area (Å²) < 4.78 is 11.1. The van der Waals surface area contributed by atoms with Crippen LogP contribution in [0.15, 0.2) is 0 Å². The predicted molar refractivity (Wildman–Crippen MR) is 40.8 cm³/mol. The lowest BCUT2D eigenvalue weighted by Gasteiger charge is -2.30. The van der Waals surface area contributed by atoms with E-state index in [0.29, 0.717) is 24.7 Å². The minimum atomic E-state index is -0.0901. The lowest BCUT2D eigenvalue weighted by Crippen LogP contribution is -2.41. The van der Waals surface area contributed by atoms with Crippen molar-refractivity contribution in [2.24, 2.45) is 5.92 Å². The molecule has 12 heavy (non-hydrogen) atoms. The minimum Gasteiger partial charge on any atom is -0.378 e. The van der Waals surface area contributed by atoms with Crippen LogP contribution in [-0.2, 0) is 14.3 Å². The van der Waals surface area contributed by atoms with Crippen LogP contribution in [0.4, 0.5) is 0 Å². The Morgan fingerprint density at radius 1 is 1.50 bits per heavy atom. The first-order valence-electron chi connectivity index (χ1n) is 4.58. The van der Waals surface area contributed by atoms with Crippen LogP contribution in [0.3, 0.4) is 0 Å². The van der Waals surface area contributed by atoms with Crippen LogP contribution in [0.25, 0.3) is 0 Å². The molecule has 0 aromatic carbocycles. The Balaban J connectivity index is 1.95. The van der Waals surface area contributed by atoms with Crippen molar-refractivity contribution >= 4 is 5.78 Å². The first-order valence-corrected chi connectivity index (χ1v) is 4.58. The fourth-order valence-corrected chi connectivity index (χ4v) is 2.67. The predicted octanol–water partition coefficient (Wildman–Crippen LogP) is 0.523. The van der Waals surface area contributed by atoms with Gasteiger partial charge in [0.15, 0.2) is 5.78 Å². The lowest BCUT2D eigenvalue weighted by atomic mass is 9.88. The van der Waals surface area contributed by atoms with Gasteiger partial charge in [-0.15, -0.1) is 0 Å². The minimum absolute atomic E-state index is 0.0570. The van der Waals surface area contributed by atoms with E-state index in [4.69, 9.17) is 9.47 Å². The van der Waals surface area contributed by atoms with E-state index >= 15 is 0 Å². The number of ether oxygens (including phenoxy) is 2. The number of hydrogen-bond acceptors (Lipinski definition) is 3. The van der Waals surface area contributed by atoms with Gasteiger partial charge in [0.05, 0.1) is 18.8 Å². The number of carbonyl (C=O) groups excluding carboxylic acids is 1. The molecular weight excluding hydrogens is 156 g/mol. The second kappa shape index (κ2) is 2.09. The normalized spacial score (nSPS) is 51.2. The maximum atomic E-state index is 11.3. The summed E-state index contributed by atoms with van der Waals surface area (Å²) in [7, 11) is 0. The summed E-state index contributed by atoms with van der Waals surface area (Å²) in [6.45, 7) is 1.51. The average molecular weight is 168 g/mol. The zero-order valence-corrected chi connectivity index (χ0v) is 6.91. The zero-order chi connectivity index (χ0) is 8.18. The highest BCUT2D eigenvalue weighted by molar-refractivity contribution is 5.84. The molecule has 0 radical (unpaired) electrons. The number of carbonyl (C=O) groups is 1. The molecule has 0 aliphatic carbocycles. The third kappa shape index (κ3) is 0.709. The van der Waals surface area contributed by atoms with Gasteiger partial charge in [-0.2, -0.15) is 0 Å². The van der Waals surface area contributed by atoms with E-state index in [2.05, 4.69) is 0 Å². The van der Waals surface area contributed by atoms with Crippen LogP contribution in [0.5, 0.6) is 0 Å². The summed E-state index contributed by atoms with van der Waals surface area (Å²) in [6, 6.07) is 0. The molecule has 0 saturated carbocycles. The molecule has 2 bridgehead atoms. The fraction of sp³-hybridized carbons (Fsp3) is 0.889. The van der Waals surface area contributed by atoms with Crippen LogP contribution in [0.2, 0.25) is 0 Å². The molecule has 0 aromatic heterocycles. The van der Waals surface area contributed by atoms with E-state index in [9.17, 15) is 4.79 Å². The van der Waals surface area contributed by atoms with Gasteiger partial charge in [-0.05, 0) is 12.8 Å². The van der Waals surface area contributed by atoms with Gasteiger partial charge in [0.2, 0.25) is 0 Å². The summed E-state index contributed by atoms with van der Waals surface area (Å²) in [5.41, 5.74) is -0.0570. The maximum Gasteiger partial charge on any atom is 0.161 e. The molecule has 1 spiro atoms. The van der Waals surface area contributed by atoms with Gasteiger partial charge >= 0.3 is 0 Å². The van der Waals surface area contributed by atoms with Crippen molar-refractivity contribution in [2.45, 2.75) is 31.0 Å². The zero-order valence-electron chi connectivity index (χ0n) is 6.91. The molecule has 0 N–H and O–H groups in total. The first-order chi connectivity index (χ1) is 5.80. The topological polar surface area (TPSA) is 35.5 Å². The summed E-state index contributed by atoms with van der Waals surface area (Å²) in [5.74, 6) is 0.795. The van der Waals surface area contributed by atoms with Gasteiger partial charge in [0.1, 0.15) is 6.10 Å². The number of Topliss-reactive ketones (excluding diaryl/α,β-unsaturated/α-hetero) is 1. The Kier molecular flexibility index (Phi) is 1.23. The van der Waals surface area contributed by atoms with E-state index in [1.54, 1.807) is 0 Å². The third-order valence-electron chi connectivity index (χ3n) is 3.44. The molecule has 3 saturated heterocycles. The van der Waals surface area contributed by atoms with Gasteiger partial charge in [-0.1, -0.05) is 0 Å². The Hall–Kier alpha value is -0.410. The molecule has 3 aliphatic heterocycles. The highest BCUT2D eigenvalue weighted by Gasteiger charge is 2.56. The molecule has 3 nitrogen and oxygen atoms in total. The Morgan fingerprint density at radius 2 is 2.42 bits per heavy atom. The van der Waals surface area contributed by atoms with Crippen LogP contribution in [0, 0.1) is 5.92 Å². The average Bonchev–Trinajstić information content (AvgIpc) is 2.52. The van der Waals surface area contributed by atoms with E-state index in [1.165, 1.54) is 0 Å². The van der Waals surface area contributed by atoms with Gasteiger partial charge in [0, 0.05) is 12.3 Å². The molecule has 66 valence electrons. The molecule has 3 heterocycles. The lowest BCUT2D eigenvalue weighted by molar-refractivity contribution is -0.147. The van der Waals surface area contributed by atoms with Gasteiger partial charge in [-0.25, -0.2) is 0 Å². The Labute approximate surface area is 71.0 Å². The van der Waals surface area contributed by atoms with Crippen molar-refractivity contribution in [3.8, 4) is 0 Å². The second-order valence-corrected chi connectivity index (χ2v) is 4.09. The molecule has 0 unspecified atom stereocenters. The Bertz CT molecular complexity index is 238. The van der Waals surface area contributed by atoms with Crippen molar-refractivity contribution in [1.29, 1.82) is 0 Å². The standard InChI is InChI=1S/C9H12O3/c10-7-1-2-9-5-11-4-6(9)3-8(7)12-9/h6,8H,1-5H2/t6-,8-,9+/m0/s1. The third-order valence-corrected chi connectivity index (χ3v) is 3.44. The summed E-state index contributed by atoms with van der Waals surface area (Å²) in [5, 5.41) is 0. The van der Waals surface area contributed by atoms with Crippen LogP contribution in [0.1, 0.15) is 19.3 Å². The SMILES string of the molecule is O=C1CC[C@@]23COC[C@@H]2C[C@@H]1O3. The Morgan fingerprint density at radius 3 is 3.33 bits per heavy atom. The van der Waals surface area contributed by atoms with Crippen molar-refractivity contribution in [1.82, 2.24) is 0 Å². The molecule has 3 atom stereocenters.